The average molecular weight is 316 g/mol. The third kappa shape index (κ3) is 1.96. The monoisotopic (exact) mass is 316 g/mol. The Morgan fingerprint density at radius 3 is 2.80 bits per heavy atom. The molecule has 1 aromatic heterocycles. The Morgan fingerprint density at radius 2 is 2.13 bits per heavy atom. The second-order valence-corrected chi connectivity index (χ2v) is 4.66. The van der Waals surface area contributed by atoms with Crippen molar-refractivity contribution in [1.29, 1.82) is 0 Å². The quantitative estimate of drug-likeness (QED) is 0.822. The number of aromatic nitrogens is 1. The lowest BCUT2D eigenvalue weighted by atomic mass is 10.1. The van der Waals surface area contributed by atoms with Crippen LogP contribution in [0.3, 0.4) is 0 Å². The number of pyridine rings is 1. The van der Waals surface area contributed by atoms with Crippen molar-refractivity contribution in [2.24, 2.45) is 5.73 Å². The van der Waals surface area contributed by atoms with E-state index in [9.17, 15) is 4.39 Å². The molecule has 1 heterocycles. The van der Waals surface area contributed by atoms with Crippen LogP contribution in [0.1, 0.15) is 11.3 Å². The first-order valence-electron chi connectivity index (χ1n) is 4.57. The zero-order valence-electron chi connectivity index (χ0n) is 8.22. The summed E-state index contributed by atoms with van der Waals surface area (Å²) in [5, 5.41) is 0.858. The van der Waals surface area contributed by atoms with E-state index < -0.39 is 0 Å². The Bertz CT molecular complexity index is 525. The van der Waals surface area contributed by atoms with Gasteiger partial charge in [0.2, 0.25) is 0 Å². The highest BCUT2D eigenvalue weighted by Crippen LogP contribution is 2.23. The molecule has 0 amide bonds. The lowest BCUT2D eigenvalue weighted by Gasteiger charge is -2.06. The number of hydrogen-bond acceptors (Lipinski definition) is 2. The molecule has 0 bridgehead atoms. The van der Waals surface area contributed by atoms with Crippen LogP contribution in [0.25, 0.3) is 10.9 Å². The van der Waals surface area contributed by atoms with Crippen molar-refractivity contribution in [2.75, 3.05) is 0 Å². The van der Waals surface area contributed by atoms with Crippen molar-refractivity contribution in [3.63, 3.8) is 0 Å². The fraction of sp³-hybridized carbons (Fsp3) is 0.182. The zero-order valence-corrected chi connectivity index (χ0v) is 10.4. The Balaban J connectivity index is 2.85. The van der Waals surface area contributed by atoms with Gasteiger partial charge in [-0.1, -0.05) is 0 Å². The van der Waals surface area contributed by atoms with Gasteiger partial charge in [-0.3, -0.25) is 0 Å². The molecule has 1 aromatic carbocycles. The molecule has 0 fully saturated rings. The van der Waals surface area contributed by atoms with E-state index in [1.807, 2.05) is 19.1 Å². The molecule has 2 aromatic rings. The summed E-state index contributed by atoms with van der Waals surface area (Å²) in [6.45, 7) is 2.28. The van der Waals surface area contributed by atoms with Crippen LogP contribution in [0.2, 0.25) is 0 Å². The first-order chi connectivity index (χ1) is 7.11. The van der Waals surface area contributed by atoms with Crippen molar-refractivity contribution in [3.8, 4) is 0 Å². The van der Waals surface area contributed by atoms with E-state index in [-0.39, 0.29) is 5.82 Å². The number of benzene rings is 1. The van der Waals surface area contributed by atoms with Crippen molar-refractivity contribution < 1.29 is 4.39 Å². The first kappa shape index (κ1) is 10.8. The maximum Gasteiger partial charge on any atom is 0.150 e. The van der Waals surface area contributed by atoms with Gasteiger partial charge < -0.3 is 5.73 Å². The first-order valence-corrected chi connectivity index (χ1v) is 5.65. The predicted octanol–water partition coefficient (Wildman–Crippen LogP) is 2.75. The molecule has 0 aliphatic rings. The second kappa shape index (κ2) is 4.02. The maximum atomic E-state index is 13.6. The summed E-state index contributed by atoms with van der Waals surface area (Å²) in [6.07, 6.45) is 0. The van der Waals surface area contributed by atoms with E-state index in [4.69, 9.17) is 5.73 Å². The van der Waals surface area contributed by atoms with Gasteiger partial charge in [0.1, 0.15) is 11.3 Å². The SMILES string of the molecule is Cc1cc(CN)nc2c(F)cc(I)cc12. The number of hydrogen-bond donors (Lipinski definition) is 1. The van der Waals surface area contributed by atoms with Crippen LogP contribution in [0, 0.1) is 16.3 Å². The fourth-order valence-corrected chi connectivity index (χ4v) is 2.17. The summed E-state index contributed by atoms with van der Waals surface area (Å²) in [5.74, 6) is -0.282. The molecule has 0 spiro atoms. The summed E-state index contributed by atoms with van der Waals surface area (Å²) < 4.78 is 14.5. The van der Waals surface area contributed by atoms with Gasteiger partial charge in [-0.25, -0.2) is 9.37 Å². The molecule has 0 radical (unpaired) electrons. The van der Waals surface area contributed by atoms with Crippen LogP contribution in [-0.2, 0) is 6.54 Å². The summed E-state index contributed by atoms with van der Waals surface area (Å²) in [5.41, 5.74) is 7.65. The molecule has 4 heteroatoms. The second-order valence-electron chi connectivity index (χ2n) is 3.42. The number of aryl methyl sites for hydroxylation is 1. The van der Waals surface area contributed by atoms with Gasteiger partial charge in [0.25, 0.3) is 0 Å². The van der Waals surface area contributed by atoms with E-state index in [0.29, 0.717) is 12.1 Å². The van der Waals surface area contributed by atoms with E-state index >= 15 is 0 Å². The third-order valence-corrected chi connectivity index (χ3v) is 2.92. The Kier molecular flexibility index (Phi) is 2.88. The predicted molar refractivity (Wildman–Crippen MR) is 67.0 cm³/mol. The topological polar surface area (TPSA) is 38.9 Å². The van der Waals surface area contributed by atoms with Gasteiger partial charge in [0.05, 0.1) is 5.69 Å². The molecule has 15 heavy (non-hydrogen) atoms. The lowest BCUT2D eigenvalue weighted by molar-refractivity contribution is 0.635. The molecular formula is C11H10FIN2. The molecule has 0 unspecified atom stereocenters. The van der Waals surface area contributed by atoms with Gasteiger partial charge in [-0.2, -0.15) is 0 Å². The minimum Gasteiger partial charge on any atom is -0.325 e. The molecule has 0 aliphatic carbocycles. The molecule has 0 saturated heterocycles. The van der Waals surface area contributed by atoms with Crippen LogP contribution in [0.5, 0.6) is 0 Å². The number of nitrogens with two attached hydrogens (primary N) is 1. The molecule has 0 saturated carbocycles. The Morgan fingerprint density at radius 1 is 1.40 bits per heavy atom. The molecule has 0 aliphatic heterocycles. The minimum absolute atomic E-state index is 0.282. The molecular weight excluding hydrogens is 306 g/mol. The largest absolute Gasteiger partial charge is 0.325 e. The normalized spacial score (nSPS) is 10.9. The van der Waals surface area contributed by atoms with Crippen molar-refractivity contribution >= 4 is 33.5 Å². The van der Waals surface area contributed by atoms with Crippen molar-refractivity contribution in [1.82, 2.24) is 4.98 Å². The van der Waals surface area contributed by atoms with E-state index in [1.54, 1.807) is 0 Å². The highest BCUT2D eigenvalue weighted by atomic mass is 127. The van der Waals surface area contributed by atoms with Crippen LogP contribution >= 0.6 is 22.6 Å². The fourth-order valence-electron chi connectivity index (χ4n) is 1.59. The molecule has 78 valence electrons. The zero-order chi connectivity index (χ0) is 11.0. The summed E-state index contributed by atoms with van der Waals surface area (Å²) >= 11 is 2.10. The van der Waals surface area contributed by atoms with Gasteiger partial charge >= 0.3 is 0 Å². The van der Waals surface area contributed by atoms with Gasteiger partial charge in [-0.05, 0) is 53.3 Å². The Hall–Kier alpha value is -0.750. The highest BCUT2D eigenvalue weighted by Gasteiger charge is 2.07. The molecule has 2 nitrogen and oxygen atoms in total. The molecule has 0 atom stereocenters. The van der Waals surface area contributed by atoms with Crippen LogP contribution in [0.4, 0.5) is 4.39 Å². The number of rotatable bonds is 1. The summed E-state index contributed by atoms with van der Waals surface area (Å²) in [6, 6.07) is 5.31. The smallest absolute Gasteiger partial charge is 0.150 e. The van der Waals surface area contributed by atoms with Crippen LogP contribution < -0.4 is 5.73 Å². The van der Waals surface area contributed by atoms with Crippen LogP contribution in [-0.4, -0.2) is 4.98 Å². The van der Waals surface area contributed by atoms with Gasteiger partial charge in [0.15, 0.2) is 0 Å². The molecule has 2 rings (SSSR count). The molecule has 2 N–H and O–H groups in total. The van der Waals surface area contributed by atoms with E-state index in [0.717, 1.165) is 20.2 Å². The maximum absolute atomic E-state index is 13.6. The lowest BCUT2D eigenvalue weighted by Crippen LogP contribution is -2.01. The summed E-state index contributed by atoms with van der Waals surface area (Å²) in [4.78, 5) is 4.19. The number of nitrogens with zero attached hydrogens (tertiary/aromatic N) is 1. The summed E-state index contributed by atoms with van der Waals surface area (Å²) in [7, 11) is 0. The highest BCUT2D eigenvalue weighted by molar-refractivity contribution is 14.1. The van der Waals surface area contributed by atoms with E-state index in [1.165, 1.54) is 6.07 Å². The van der Waals surface area contributed by atoms with E-state index in [2.05, 4.69) is 27.6 Å². The van der Waals surface area contributed by atoms with Crippen molar-refractivity contribution in [2.45, 2.75) is 13.5 Å². The van der Waals surface area contributed by atoms with Crippen molar-refractivity contribution in [3.05, 3.63) is 38.8 Å². The van der Waals surface area contributed by atoms with Crippen LogP contribution in [0.15, 0.2) is 18.2 Å². The van der Waals surface area contributed by atoms with Gasteiger partial charge in [0, 0.05) is 15.5 Å². The number of fused-ring (bicyclic) bond motifs is 1. The number of halogens is 2. The standard InChI is InChI=1S/C11H10FIN2/c1-6-2-8(5-14)15-11-9(6)3-7(13)4-10(11)12/h2-4H,5,14H2,1H3. The average Bonchev–Trinajstić information content (AvgIpc) is 2.19. The minimum atomic E-state index is -0.282. The van der Waals surface area contributed by atoms with Gasteiger partial charge in [-0.15, -0.1) is 0 Å². The third-order valence-electron chi connectivity index (χ3n) is 2.30. The Labute approximate surface area is 101 Å².